The molecule has 2 aromatic rings. The van der Waals surface area contributed by atoms with Gasteiger partial charge in [0.15, 0.2) is 0 Å². The first-order chi connectivity index (χ1) is 9.54. The van der Waals surface area contributed by atoms with Crippen LogP contribution in [0.15, 0.2) is 18.2 Å². The van der Waals surface area contributed by atoms with Crippen molar-refractivity contribution in [3.63, 3.8) is 0 Å². The highest BCUT2D eigenvalue weighted by molar-refractivity contribution is 5.79. The molecule has 20 heavy (non-hydrogen) atoms. The van der Waals surface area contributed by atoms with Crippen molar-refractivity contribution in [1.29, 1.82) is 0 Å². The lowest BCUT2D eigenvalue weighted by Gasteiger charge is -2.19. The first kappa shape index (κ1) is 13.5. The molecule has 0 bridgehead atoms. The number of hydrogen-bond acceptors (Lipinski definition) is 2. The van der Waals surface area contributed by atoms with E-state index < -0.39 is 0 Å². The van der Waals surface area contributed by atoms with Crippen molar-refractivity contribution in [2.45, 2.75) is 58.9 Å². The Hall–Kier alpha value is -1.51. The lowest BCUT2D eigenvalue weighted by molar-refractivity contribution is 0.384. The highest BCUT2D eigenvalue weighted by Crippen LogP contribution is 2.51. The number of imidazole rings is 1. The Morgan fingerprint density at radius 1 is 1.35 bits per heavy atom. The van der Waals surface area contributed by atoms with Crippen LogP contribution in [0.3, 0.4) is 0 Å². The van der Waals surface area contributed by atoms with Crippen molar-refractivity contribution in [2.24, 2.45) is 5.41 Å². The molecular formula is C17H25N3. The largest absolute Gasteiger partial charge is 0.399 e. The second-order valence-electron chi connectivity index (χ2n) is 6.71. The molecule has 1 saturated carbocycles. The lowest BCUT2D eigenvalue weighted by Crippen LogP contribution is -2.14. The second-order valence-corrected chi connectivity index (χ2v) is 6.71. The number of nitrogens with two attached hydrogens (primary N) is 1. The number of benzene rings is 1. The number of nitrogens with zero attached hydrogens (tertiary/aromatic N) is 2. The molecule has 3 nitrogen and oxygen atoms in total. The molecule has 3 rings (SSSR count). The first-order valence-electron chi connectivity index (χ1n) is 7.80. The lowest BCUT2D eigenvalue weighted by atomic mass is 10.0. The summed E-state index contributed by atoms with van der Waals surface area (Å²) in [5.41, 5.74) is 9.51. The Kier molecular flexibility index (Phi) is 3.23. The third-order valence-corrected chi connectivity index (χ3v) is 4.55. The van der Waals surface area contributed by atoms with E-state index in [4.69, 9.17) is 10.7 Å². The molecular weight excluding hydrogens is 246 g/mol. The van der Waals surface area contributed by atoms with Crippen LogP contribution in [0.2, 0.25) is 0 Å². The van der Waals surface area contributed by atoms with Gasteiger partial charge in [-0.05, 0) is 42.9 Å². The third-order valence-electron chi connectivity index (χ3n) is 4.55. The maximum Gasteiger partial charge on any atom is 0.112 e. The summed E-state index contributed by atoms with van der Waals surface area (Å²) >= 11 is 0. The SMILES string of the molecule is CCCC1(Cn2c(C(C)C)nc3cc(N)ccc32)CC1. The normalized spacial score (nSPS) is 17.0. The van der Waals surface area contributed by atoms with E-state index in [-0.39, 0.29) is 0 Å². The average Bonchev–Trinajstić information content (AvgIpc) is 3.05. The van der Waals surface area contributed by atoms with Gasteiger partial charge in [-0.2, -0.15) is 0 Å². The van der Waals surface area contributed by atoms with E-state index >= 15 is 0 Å². The molecule has 1 heterocycles. The topological polar surface area (TPSA) is 43.8 Å². The molecule has 2 N–H and O–H groups in total. The van der Waals surface area contributed by atoms with Crippen molar-refractivity contribution >= 4 is 16.7 Å². The minimum Gasteiger partial charge on any atom is -0.399 e. The Balaban J connectivity index is 2.05. The fourth-order valence-corrected chi connectivity index (χ4v) is 3.30. The molecule has 0 atom stereocenters. The Morgan fingerprint density at radius 2 is 2.10 bits per heavy atom. The van der Waals surface area contributed by atoms with Crippen LogP contribution < -0.4 is 5.73 Å². The van der Waals surface area contributed by atoms with Crippen LogP contribution in [-0.4, -0.2) is 9.55 Å². The van der Waals surface area contributed by atoms with E-state index in [1.165, 1.54) is 37.0 Å². The number of rotatable bonds is 5. The molecule has 0 spiro atoms. The highest BCUT2D eigenvalue weighted by atomic mass is 15.1. The molecule has 1 aliphatic carbocycles. The van der Waals surface area contributed by atoms with E-state index in [9.17, 15) is 0 Å². The third kappa shape index (κ3) is 2.30. The summed E-state index contributed by atoms with van der Waals surface area (Å²) in [4.78, 5) is 4.83. The van der Waals surface area contributed by atoms with Crippen LogP contribution in [0.4, 0.5) is 5.69 Å². The predicted octanol–water partition coefficient (Wildman–Crippen LogP) is 4.32. The highest BCUT2D eigenvalue weighted by Gasteiger charge is 2.42. The maximum absolute atomic E-state index is 5.90. The van der Waals surface area contributed by atoms with Gasteiger partial charge >= 0.3 is 0 Å². The molecule has 3 heteroatoms. The van der Waals surface area contributed by atoms with E-state index in [0.717, 1.165) is 17.7 Å². The zero-order chi connectivity index (χ0) is 14.3. The summed E-state index contributed by atoms with van der Waals surface area (Å²) < 4.78 is 2.45. The summed E-state index contributed by atoms with van der Waals surface area (Å²) in [5.74, 6) is 1.65. The van der Waals surface area contributed by atoms with Gasteiger partial charge in [0.1, 0.15) is 5.82 Å². The van der Waals surface area contributed by atoms with Crippen LogP contribution in [0, 0.1) is 5.41 Å². The minimum absolute atomic E-state index is 0.445. The molecule has 0 unspecified atom stereocenters. The molecule has 1 aromatic heterocycles. The predicted molar refractivity (Wildman–Crippen MR) is 84.8 cm³/mol. The quantitative estimate of drug-likeness (QED) is 0.823. The summed E-state index contributed by atoms with van der Waals surface area (Å²) in [6.45, 7) is 7.85. The molecule has 108 valence electrons. The van der Waals surface area contributed by atoms with Crippen LogP contribution in [0.1, 0.15) is 58.2 Å². The van der Waals surface area contributed by atoms with Crippen molar-refractivity contribution in [3.05, 3.63) is 24.0 Å². The zero-order valence-electron chi connectivity index (χ0n) is 12.8. The van der Waals surface area contributed by atoms with Crippen LogP contribution in [0.25, 0.3) is 11.0 Å². The Morgan fingerprint density at radius 3 is 2.70 bits per heavy atom. The number of fused-ring (bicyclic) bond motifs is 1. The van der Waals surface area contributed by atoms with Gasteiger partial charge in [0.25, 0.3) is 0 Å². The summed E-state index contributed by atoms with van der Waals surface area (Å²) in [7, 11) is 0. The molecule has 1 aromatic carbocycles. The number of aromatic nitrogens is 2. The Bertz CT molecular complexity index is 620. The summed E-state index contributed by atoms with van der Waals surface area (Å²) in [5, 5.41) is 0. The second kappa shape index (κ2) is 4.80. The monoisotopic (exact) mass is 271 g/mol. The van der Waals surface area contributed by atoms with E-state index in [1.807, 2.05) is 12.1 Å². The first-order valence-corrected chi connectivity index (χ1v) is 7.80. The van der Waals surface area contributed by atoms with E-state index in [2.05, 4.69) is 31.4 Å². The van der Waals surface area contributed by atoms with Gasteiger partial charge in [-0.3, -0.25) is 0 Å². The average molecular weight is 271 g/mol. The van der Waals surface area contributed by atoms with Crippen molar-refractivity contribution in [1.82, 2.24) is 9.55 Å². The van der Waals surface area contributed by atoms with E-state index in [1.54, 1.807) is 0 Å². The van der Waals surface area contributed by atoms with Gasteiger partial charge in [-0.15, -0.1) is 0 Å². The van der Waals surface area contributed by atoms with Gasteiger partial charge in [0.2, 0.25) is 0 Å². The zero-order valence-corrected chi connectivity index (χ0v) is 12.8. The minimum atomic E-state index is 0.445. The molecule has 0 saturated heterocycles. The maximum atomic E-state index is 5.90. The Labute approximate surface area is 121 Å². The molecule has 1 fully saturated rings. The molecule has 0 aliphatic heterocycles. The molecule has 1 aliphatic rings. The fraction of sp³-hybridized carbons (Fsp3) is 0.588. The van der Waals surface area contributed by atoms with Gasteiger partial charge in [0.05, 0.1) is 11.0 Å². The number of hydrogen-bond donors (Lipinski definition) is 1. The van der Waals surface area contributed by atoms with E-state index in [0.29, 0.717) is 11.3 Å². The van der Waals surface area contributed by atoms with Gasteiger partial charge in [-0.25, -0.2) is 4.98 Å². The van der Waals surface area contributed by atoms with Crippen molar-refractivity contribution in [3.8, 4) is 0 Å². The fourth-order valence-electron chi connectivity index (χ4n) is 3.30. The van der Waals surface area contributed by atoms with Crippen LogP contribution in [0.5, 0.6) is 0 Å². The van der Waals surface area contributed by atoms with Crippen LogP contribution in [-0.2, 0) is 6.54 Å². The van der Waals surface area contributed by atoms with Crippen molar-refractivity contribution in [2.75, 3.05) is 5.73 Å². The van der Waals surface area contributed by atoms with Gasteiger partial charge in [-0.1, -0.05) is 27.2 Å². The van der Waals surface area contributed by atoms with Gasteiger partial charge in [0, 0.05) is 18.2 Å². The van der Waals surface area contributed by atoms with Gasteiger partial charge < -0.3 is 10.3 Å². The number of nitrogen functional groups attached to an aromatic ring is 1. The summed E-state index contributed by atoms with van der Waals surface area (Å²) in [6, 6.07) is 6.12. The molecule has 0 amide bonds. The summed E-state index contributed by atoms with van der Waals surface area (Å²) in [6.07, 6.45) is 5.34. The standard InChI is InChI=1S/C17H25N3/c1-4-7-17(8-9-17)11-20-15-6-5-13(18)10-14(15)19-16(20)12(2)3/h5-6,10,12H,4,7-9,11,18H2,1-3H3. The number of anilines is 1. The molecule has 0 radical (unpaired) electrons. The smallest absolute Gasteiger partial charge is 0.112 e. The van der Waals surface area contributed by atoms with Crippen LogP contribution >= 0.6 is 0 Å². The van der Waals surface area contributed by atoms with Crippen molar-refractivity contribution < 1.29 is 0 Å².